The van der Waals surface area contributed by atoms with Gasteiger partial charge >= 0.3 is 0 Å². The zero-order valence-electron chi connectivity index (χ0n) is 14.6. The Kier molecular flexibility index (Phi) is 5.28. The number of rotatable bonds is 5. The molecule has 3 aromatic heterocycles. The van der Waals surface area contributed by atoms with Crippen molar-refractivity contribution in [1.82, 2.24) is 19.9 Å². The molecule has 0 spiro atoms. The van der Waals surface area contributed by atoms with Gasteiger partial charge < -0.3 is 4.74 Å². The highest BCUT2D eigenvalue weighted by Gasteiger charge is 2.33. The summed E-state index contributed by atoms with van der Waals surface area (Å²) in [5.41, 5.74) is 3.40. The Balaban J connectivity index is 1.83. The van der Waals surface area contributed by atoms with Crippen LogP contribution in [0.15, 0.2) is 73.4 Å². The van der Waals surface area contributed by atoms with Gasteiger partial charge in [0.15, 0.2) is 0 Å². The maximum Gasteiger partial charge on any atom is 0.0633 e. The van der Waals surface area contributed by atoms with Crippen molar-refractivity contribution >= 4 is 0 Å². The second-order valence-corrected chi connectivity index (χ2v) is 6.40. The number of nitrogens with zero attached hydrogens (tertiary/aromatic N) is 4. The van der Waals surface area contributed by atoms with Gasteiger partial charge in [-0.05, 0) is 35.4 Å². The molecule has 1 fully saturated rings. The molecule has 4 rings (SSSR count). The lowest BCUT2D eigenvalue weighted by Crippen LogP contribution is -2.42. The molecule has 0 bridgehead atoms. The Bertz CT molecular complexity index is 753. The number of morpholine rings is 1. The smallest absolute Gasteiger partial charge is 0.0633 e. The van der Waals surface area contributed by atoms with Gasteiger partial charge in [-0.2, -0.15) is 0 Å². The largest absolute Gasteiger partial charge is 0.379 e. The van der Waals surface area contributed by atoms with E-state index >= 15 is 0 Å². The van der Waals surface area contributed by atoms with Crippen LogP contribution in [0.4, 0.5) is 0 Å². The highest BCUT2D eigenvalue weighted by Crippen LogP contribution is 2.39. The van der Waals surface area contributed by atoms with Crippen LogP contribution in [-0.2, 0) is 4.74 Å². The molecule has 26 heavy (non-hydrogen) atoms. The summed E-state index contributed by atoms with van der Waals surface area (Å²) in [6.45, 7) is 3.27. The minimum Gasteiger partial charge on any atom is -0.379 e. The summed E-state index contributed by atoms with van der Waals surface area (Å²) in [5, 5.41) is 0. The second kappa shape index (κ2) is 8.17. The molecule has 4 heterocycles. The van der Waals surface area contributed by atoms with Gasteiger partial charge in [-0.1, -0.05) is 18.2 Å². The SMILES string of the molecule is c1ccc(C(C(c2cccnc2)c2cccnc2)N2CCOCC2)nc1. The summed E-state index contributed by atoms with van der Waals surface area (Å²) < 4.78 is 5.59. The van der Waals surface area contributed by atoms with Crippen LogP contribution in [0.25, 0.3) is 0 Å². The van der Waals surface area contributed by atoms with Gasteiger partial charge in [0.2, 0.25) is 0 Å². The van der Waals surface area contributed by atoms with Crippen molar-refractivity contribution in [2.24, 2.45) is 0 Å². The Morgan fingerprint density at radius 1 is 0.808 bits per heavy atom. The molecule has 0 aromatic carbocycles. The number of hydrogen-bond acceptors (Lipinski definition) is 5. The molecule has 5 nitrogen and oxygen atoms in total. The molecule has 132 valence electrons. The summed E-state index contributed by atoms with van der Waals surface area (Å²) in [4.78, 5) is 15.9. The van der Waals surface area contributed by atoms with E-state index in [1.807, 2.05) is 49.2 Å². The van der Waals surface area contributed by atoms with Crippen molar-refractivity contribution in [2.45, 2.75) is 12.0 Å². The van der Waals surface area contributed by atoms with Crippen LogP contribution >= 0.6 is 0 Å². The number of hydrogen-bond donors (Lipinski definition) is 0. The van der Waals surface area contributed by atoms with E-state index in [9.17, 15) is 0 Å². The van der Waals surface area contributed by atoms with Crippen LogP contribution in [0.2, 0.25) is 0 Å². The lowest BCUT2D eigenvalue weighted by atomic mass is 9.83. The molecule has 1 atom stereocenters. The average Bonchev–Trinajstić information content (AvgIpc) is 2.74. The van der Waals surface area contributed by atoms with Gasteiger partial charge in [-0.3, -0.25) is 19.9 Å². The predicted octanol–water partition coefficient (Wildman–Crippen LogP) is 3.08. The zero-order chi connectivity index (χ0) is 17.6. The van der Waals surface area contributed by atoms with E-state index in [2.05, 4.69) is 39.1 Å². The van der Waals surface area contributed by atoms with Gasteiger partial charge in [0.25, 0.3) is 0 Å². The third-order valence-corrected chi connectivity index (χ3v) is 4.83. The third kappa shape index (κ3) is 3.64. The van der Waals surface area contributed by atoms with Crippen molar-refractivity contribution in [2.75, 3.05) is 26.3 Å². The van der Waals surface area contributed by atoms with E-state index in [1.54, 1.807) is 0 Å². The molecule has 1 aliphatic heterocycles. The molecule has 0 N–H and O–H groups in total. The number of aromatic nitrogens is 3. The van der Waals surface area contributed by atoms with Crippen LogP contribution in [0, 0.1) is 0 Å². The molecule has 0 radical (unpaired) electrons. The van der Waals surface area contributed by atoms with Crippen LogP contribution in [0.1, 0.15) is 28.8 Å². The summed E-state index contributed by atoms with van der Waals surface area (Å²) in [5.74, 6) is 0.102. The first kappa shape index (κ1) is 16.8. The molecular formula is C21H22N4O. The van der Waals surface area contributed by atoms with Gasteiger partial charge in [0, 0.05) is 50.0 Å². The fraction of sp³-hybridized carbons (Fsp3) is 0.286. The van der Waals surface area contributed by atoms with Crippen molar-refractivity contribution in [3.8, 4) is 0 Å². The summed E-state index contributed by atoms with van der Waals surface area (Å²) in [7, 11) is 0. The monoisotopic (exact) mass is 346 g/mol. The van der Waals surface area contributed by atoms with E-state index in [-0.39, 0.29) is 12.0 Å². The molecule has 0 aliphatic carbocycles. The molecule has 1 saturated heterocycles. The Hall–Kier alpha value is -2.63. The van der Waals surface area contributed by atoms with Crippen LogP contribution in [-0.4, -0.2) is 46.2 Å². The zero-order valence-corrected chi connectivity index (χ0v) is 14.6. The van der Waals surface area contributed by atoms with E-state index in [4.69, 9.17) is 9.72 Å². The highest BCUT2D eigenvalue weighted by atomic mass is 16.5. The normalized spacial score (nSPS) is 16.5. The molecule has 5 heteroatoms. The summed E-state index contributed by atoms with van der Waals surface area (Å²) in [6.07, 6.45) is 9.40. The topological polar surface area (TPSA) is 51.1 Å². The van der Waals surface area contributed by atoms with E-state index in [0.717, 1.165) is 32.0 Å². The molecule has 1 unspecified atom stereocenters. The lowest BCUT2D eigenvalue weighted by molar-refractivity contribution is 0.0115. The van der Waals surface area contributed by atoms with Gasteiger partial charge in [0.1, 0.15) is 0 Å². The first-order valence-corrected chi connectivity index (χ1v) is 8.96. The van der Waals surface area contributed by atoms with Crippen molar-refractivity contribution in [3.05, 3.63) is 90.3 Å². The van der Waals surface area contributed by atoms with Gasteiger partial charge in [-0.25, -0.2) is 0 Å². The van der Waals surface area contributed by atoms with Gasteiger partial charge in [0.05, 0.1) is 24.9 Å². The number of ether oxygens (including phenoxy) is 1. The van der Waals surface area contributed by atoms with Gasteiger partial charge in [-0.15, -0.1) is 0 Å². The number of pyridine rings is 3. The van der Waals surface area contributed by atoms with Crippen molar-refractivity contribution in [1.29, 1.82) is 0 Å². The highest BCUT2D eigenvalue weighted by molar-refractivity contribution is 5.34. The third-order valence-electron chi connectivity index (χ3n) is 4.83. The van der Waals surface area contributed by atoms with Crippen LogP contribution < -0.4 is 0 Å². The molecule has 0 saturated carbocycles. The fourth-order valence-electron chi connectivity index (χ4n) is 3.65. The van der Waals surface area contributed by atoms with Crippen molar-refractivity contribution in [3.63, 3.8) is 0 Å². The van der Waals surface area contributed by atoms with E-state index in [1.165, 1.54) is 11.1 Å². The van der Waals surface area contributed by atoms with Crippen LogP contribution in [0.5, 0.6) is 0 Å². The molecule has 1 aliphatic rings. The van der Waals surface area contributed by atoms with E-state index in [0.29, 0.717) is 0 Å². The minimum atomic E-state index is 0.102. The Labute approximate surface area is 153 Å². The average molecular weight is 346 g/mol. The quantitative estimate of drug-likeness (QED) is 0.711. The first-order chi connectivity index (χ1) is 12.9. The van der Waals surface area contributed by atoms with E-state index < -0.39 is 0 Å². The Morgan fingerprint density at radius 2 is 1.50 bits per heavy atom. The fourth-order valence-corrected chi connectivity index (χ4v) is 3.65. The van der Waals surface area contributed by atoms with Crippen LogP contribution in [0.3, 0.4) is 0 Å². The second-order valence-electron chi connectivity index (χ2n) is 6.40. The molecule has 0 amide bonds. The first-order valence-electron chi connectivity index (χ1n) is 8.96. The maximum absolute atomic E-state index is 5.59. The molecular weight excluding hydrogens is 324 g/mol. The summed E-state index contributed by atoms with van der Waals surface area (Å²) >= 11 is 0. The Morgan fingerprint density at radius 3 is 2.04 bits per heavy atom. The lowest BCUT2D eigenvalue weighted by Gasteiger charge is -2.39. The minimum absolute atomic E-state index is 0.102. The standard InChI is InChI=1S/C21H22N4O/c1-2-10-24-19(7-1)21(25-11-13-26-14-12-25)20(17-5-3-8-22-15-17)18-6-4-9-23-16-18/h1-10,15-16,20-21H,11-14H2. The van der Waals surface area contributed by atoms with Crippen molar-refractivity contribution < 1.29 is 4.74 Å². The predicted molar refractivity (Wildman–Crippen MR) is 99.7 cm³/mol. The molecule has 3 aromatic rings. The summed E-state index contributed by atoms with van der Waals surface area (Å²) in [6, 6.07) is 14.5. The maximum atomic E-state index is 5.59.